The Morgan fingerprint density at radius 3 is 2.74 bits per heavy atom. The number of nitrogens with zero attached hydrogens (tertiary/aromatic N) is 2. The van der Waals surface area contributed by atoms with Gasteiger partial charge in [0.25, 0.3) is 11.6 Å². The van der Waals surface area contributed by atoms with Crippen molar-refractivity contribution in [2.75, 3.05) is 33.9 Å². The summed E-state index contributed by atoms with van der Waals surface area (Å²) in [7, 11) is 2.95. The second kappa shape index (κ2) is 9.06. The zero-order valence-corrected chi connectivity index (χ0v) is 13.6. The number of carbonyl (C=O) groups excluding carboxylic acids is 2. The molecule has 2 amide bonds. The smallest absolute Gasteiger partial charge is 0.282 e. The molecule has 0 unspecified atom stereocenters. The predicted octanol–water partition coefficient (Wildman–Crippen LogP) is 1.47. The molecule has 0 aliphatic carbocycles. The first-order valence-corrected chi connectivity index (χ1v) is 7.19. The van der Waals surface area contributed by atoms with E-state index in [1.807, 2.05) is 0 Å². The third-order valence-electron chi connectivity index (χ3n) is 2.96. The third kappa shape index (κ3) is 5.84. The monoisotopic (exact) mass is 343 g/mol. The molecule has 0 saturated heterocycles. The largest absolute Gasteiger partial charge is 0.385 e. The summed E-state index contributed by atoms with van der Waals surface area (Å²) in [6, 6.07) is 3.71. The molecule has 0 aliphatic heterocycles. The average Bonchev–Trinajstić information content (AvgIpc) is 2.50. The molecular weight excluding hydrogens is 326 g/mol. The molecule has 126 valence electrons. The van der Waals surface area contributed by atoms with Crippen LogP contribution in [0.5, 0.6) is 0 Å². The molecule has 23 heavy (non-hydrogen) atoms. The number of halogens is 1. The Morgan fingerprint density at radius 1 is 1.43 bits per heavy atom. The van der Waals surface area contributed by atoms with Crippen molar-refractivity contribution in [2.45, 2.75) is 6.42 Å². The Bertz CT molecular complexity index is 594. The lowest BCUT2D eigenvalue weighted by Gasteiger charge is -2.17. The predicted molar refractivity (Wildman–Crippen MR) is 84.6 cm³/mol. The Kier molecular flexibility index (Phi) is 7.43. The van der Waals surface area contributed by atoms with E-state index >= 15 is 0 Å². The summed E-state index contributed by atoms with van der Waals surface area (Å²) in [6.45, 7) is 0.727. The summed E-state index contributed by atoms with van der Waals surface area (Å²) in [5.41, 5.74) is -0.510. The van der Waals surface area contributed by atoms with Crippen LogP contribution in [0.15, 0.2) is 18.2 Å². The van der Waals surface area contributed by atoms with Gasteiger partial charge >= 0.3 is 0 Å². The topological polar surface area (TPSA) is 102 Å². The molecule has 1 N–H and O–H groups in total. The first-order valence-electron chi connectivity index (χ1n) is 6.82. The zero-order valence-electron chi connectivity index (χ0n) is 12.9. The van der Waals surface area contributed by atoms with Gasteiger partial charge in [-0.2, -0.15) is 0 Å². The lowest BCUT2D eigenvalue weighted by Crippen LogP contribution is -2.39. The molecule has 0 fully saturated rings. The molecule has 0 heterocycles. The number of hydrogen-bond acceptors (Lipinski definition) is 5. The van der Waals surface area contributed by atoms with Crippen molar-refractivity contribution in [2.24, 2.45) is 0 Å². The average molecular weight is 344 g/mol. The van der Waals surface area contributed by atoms with Crippen molar-refractivity contribution in [1.82, 2.24) is 10.2 Å². The molecule has 1 aromatic carbocycles. The van der Waals surface area contributed by atoms with Gasteiger partial charge in [0.05, 0.1) is 11.5 Å². The first-order chi connectivity index (χ1) is 10.9. The SMILES string of the molecule is COCCCNC(=O)CN(C)C(=O)c1cc(Cl)ccc1[N+](=O)[O-]. The van der Waals surface area contributed by atoms with E-state index in [2.05, 4.69) is 5.32 Å². The van der Waals surface area contributed by atoms with Crippen LogP contribution in [0.1, 0.15) is 16.8 Å². The van der Waals surface area contributed by atoms with Crippen LogP contribution >= 0.6 is 11.6 Å². The van der Waals surface area contributed by atoms with Crippen molar-refractivity contribution in [3.8, 4) is 0 Å². The number of amides is 2. The highest BCUT2D eigenvalue weighted by Crippen LogP contribution is 2.23. The Labute approximate surface area is 138 Å². The summed E-state index contributed by atoms with van der Waals surface area (Å²) >= 11 is 5.79. The molecule has 0 radical (unpaired) electrons. The minimum Gasteiger partial charge on any atom is -0.385 e. The number of benzene rings is 1. The fourth-order valence-electron chi connectivity index (χ4n) is 1.83. The summed E-state index contributed by atoms with van der Waals surface area (Å²) in [5.74, 6) is -1.01. The van der Waals surface area contributed by atoms with E-state index in [-0.39, 0.29) is 28.7 Å². The summed E-state index contributed by atoms with van der Waals surface area (Å²) in [4.78, 5) is 35.5. The van der Waals surface area contributed by atoms with Crippen molar-refractivity contribution < 1.29 is 19.2 Å². The van der Waals surface area contributed by atoms with Gasteiger partial charge < -0.3 is 15.0 Å². The normalized spacial score (nSPS) is 10.2. The Balaban J connectivity index is 2.72. The van der Waals surface area contributed by atoms with E-state index in [1.165, 1.54) is 19.2 Å². The Hall–Kier alpha value is -2.19. The molecular formula is C14H18ClN3O5. The second-order valence-corrected chi connectivity index (χ2v) is 5.21. The maximum absolute atomic E-state index is 12.3. The van der Waals surface area contributed by atoms with Crippen LogP contribution in [0.3, 0.4) is 0 Å². The number of methoxy groups -OCH3 is 1. The van der Waals surface area contributed by atoms with Crippen LogP contribution < -0.4 is 5.32 Å². The van der Waals surface area contributed by atoms with Gasteiger partial charge in [-0.3, -0.25) is 19.7 Å². The Morgan fingerprint density at radius 2 is 2.13 bits per heavy atom. The molecule has 0 spiro atoms. The number of nitro benzene ring substituents is 1. The highest BCUT2D eigenvalue weighted by molar-refractivity contribution is 6.31. The number of likely N-dealkylation sites (N-methyl/N-ethyl adjacent to an activating group) is 1. The molecule has 9 heteroatoms. The zero-order chi connectivity index (χ0) is 17.4. The van der Waals surface area contributed by atoms with Gasteiger partial charge in [-0.15, -0.1) is 0 Å². The summed E-state index contributed by atoms with van der Waals surface area (Å²) in [5, 5.41) is 13.8. The van der Waals surface area contributed by atoms with E-state index in [1.54, 1.807) is 7.11 Å². The van der Waals surface area contributed by atoms with Gasteiger partial charge in [0.2, 0.25) is 5.91 Å². The van der Waals surface area contributed by atoms with Crippen molar-refractivity contribution >= 4 is 29.1 Å². The highest BCUT2D eigenvalue weighted by Gasteiger charge is 2.24. The minimum atomic E-state index is -0.664. The first kappa shape index (κ1) is 18.9. The van der Waals surface area contributed by atoms with Crippen LogP contribution in [0.4, 0.5) is 5.69 Å². The molecule has 1 aromatic rings. The molecule has 0 saturated carbocycles. The van der Waals surface area contributed by atoms with E-state index in [9.17, 15) is 19.7 Å². The van der Waals surface area contributed by atoms with Crippen molar-refractivity contribution in [3.63, 3.8) is 0 Å². The number of rotatable bonds is 8. The second-order valence-electron chi connectivity index (χ2n) is 4.78. The molecule has 0 aliphatic rings. The standard InChI is InChI=1S/C14H18ClN3O5/c1-17(9-13(19)16-6-3-7-23-2)14(20)11-8-10(15)4-5-12(11)18(21)22/h4-5,8H,3,6-7,9H2,1-2H3,(H,16,19). The quantitative estimate of drug-likeness (QED) is 0.437. The van der Waals surface area contributed by atoms with Crippen LogP contribution in [0.25, 0.3) is 0 Å². The maximum atomic E-state index is 12.3. The van der Waals surface area contributed by atoms with E-state index in [0.29, 0.717) is 19.6 Å². The van der Waals surface area contributed by atoms with Crippen LogP contribution in [-0.4, -0.2) is 55.5 Å². The summed E-state index contributed by atoms with van der Waals surface area (Å²) in [6.07, 6.45) is 0.652. The van der Waals surface area contributed by atoms with Crippen LogP contribution in [-0.2, 0) is 9.53 Å². The molecule has 0 aromatic heterocycles. The number of nitro groups is 1. The van der Waals surface area contributed by atoms with Crippen LogP contribution in [0, 0.1) is 10.1 Å². The van der Waals surface area contributed by atoms with E-state index in [4.69, 9.17) is 16.3 Å². The van der Waals surface area contributed by atoms with E-state index in [0.717, 1.165) is 11.0 Å². The van der Waals surface area contributed by atoms with Gasteiger partial charge in [-0.05, 0) is 18.6 Å². The van der Waals surface area contributed by atoms with Crippen molar-refractivity contribution in [3.05, 3.63) is 38.9 Å². The maximum Gasteiger partial charge on any atom is 0.282 e. The number of hydrogen-bond donors (Lipinski definition) is 1. The fraction of sp³-hybridized carbons (Fsp3) is 0.429. The molecule has 8 nitrogen and oxygen atoms in total. The number of nitrogens with one attached hydrogen (secondary N) is 1. The number of ether oxygens (including phenoxy) is 1. The minimum absolute atomic E-state index is 0.155. The lowest BCUT2D eigenvalue weighted by atomic mass is 10.1. The third-order valence-corrected chi connectivity index (χ3v) is 3.20. The molecule has 1 rings (SSSR count). The number of carbonyl (C=O) groups is 2. The van der Waals surface area contributed by atoms with Gasteiger partial charge in [-0.25, -0.2) is 0 Å². The molecule has 0 atom stereocenters. The van der Waals surface area contributed by atoms with Gasteiger partial charge in [-0.1, -0.05) is 11.6 Å². The van der Waals surface area contributed by atoms with Gasteiger partial charge in [0, 0.05) is 38.4 Å². The fourth-order valence-corrected chi connectivity index (χ4v) is 2.00. The van der Waals surface area contributed by atoms with Crippen LogP contribution in [0.2, 0.25) is 5.02 Å². The highest BCUT2D eigenvalue weighted by atomic mass is 35.5. The molecule has 0 bridgehead atoms. The lowest BCUT2D eigenvalue weighted by molar-refractivity contribution is -0.385. The van der Waals surface area contributed by atoms with Gasteiger partial charge in [0.1, 0.15) is 5.56 Å². The van der Waals surface area contributed by atoms with Gasteiger partial charge in [0.15, 0.2) is 0 Å². The summed E-state index contributed by atoms with van der Waals surface area (Å²) < 4.78 is 4.86. The van der Waals surface area contributed by atoms with E-state index < -0.39 is 10.8 Å². The van der Waals surface area contributed by atoms with Crippen molar-refractivity contribution in [1.29, 1.82) is 0 Å².